The van der Waals surface area contributed by atoms with Crippen molar-refractivity contribution in [3.8, 4) is 11.4 Å². The molecule has 1 aromatic carbocycles. The SMILES string of the molecule is CCn1c(CCl)nnc1-c1ccc2c(c1)CCC2. The standard InChI is InChI=1S/C14H16ClN3/c1-2-18-13(9-15)16-17-14(18)12-7-6-10-4-3-5-11(10)8-12/h6-8H,2-5,9H2,1H3. The first-order valence-corrected chi connectivity index (χ1v) is 6.97. The molecule has 1 aliphatic carbocycles. The van der Waals surface area contributed by atoms with Gasteiger partial charge in [-0.25, -0.2) is 0 Å². The second-order valence-corrected chi connectivity index (χ2v) is 4.92. The minimum absolute atomic E-state index is 0.409. The first-order valence-electron chi connectivity index (χ1n) is 6.43. The number of nitrogens with zero attached hydrogens (tertiary/aromatic N) is 3. The van der Waals surface area contributed by atoms with Crippen molar-refractivity contribution < 1.29 is 0 Å². The third-order valence-electron chi connectivity index (χ3n) is 3.62. The highest BCUT2D eigenvalue weighted by molar-refractivity contribution is 6.16. The molecular weight excluding hydrogens is 246 g/mol. The van der Waals surface area contributed by atoms with Crippen molar-refractivity contribution in [2.45, 2.75) is 38.6 Å². The molecule has 0 unspecified atom stereocenters. The van der Waals surface area contributed by atoms with E-state index in [1.54, 1.807) is 0 Å². The van der Waals surface area contributed by atoms with Crippen molar-refractivity contribution >= 4 is 11.6 Å². The molecule has 3 rings (SSSR count). The fourth-order valence-electron chi connectivity index (χ4n) is 2.69. The number of halogens is 1. The van der Waals surface area contributed by atoms with Crippen molar-refractivity contribution in [2.24, 2.45) is 0 Å². The molecule has 94 valence electrons. The lowest BCUT2D eigenvalue weighted by Crippen LogP contribution is -2.02. The monoisotopic (exact) mass is 261 g/mol. The Hall–Kier alpha value is -1.35. The quantitative estimate of drug-likeness (QED) is 0.795. The molecule has 1 heterocycles. The predicted molar refractivity (Wildman–Crippen MR) is 72.7 cm³/mol. The Morgan fingerprint density at radius 2 is 2.06 bits per heavy atom. The van der Waals surface area contributed by atoms with Crippen molar-refractivity contribution in [1.82, 2.24) is 14.8 Å². The molecule has 2 aromatic rings. The van der Waals surface area contributed by atoms with Crippen LogP contribution < -0.4 is 0 Å². The number of hydrogen-bond acceptors (Lipinski definition) is 2. The van der Waals surface area contributed by atoms with Crippen LogP contribution in [-0.4, -0.2) is 14.8 Å². The Bertz CT molecular complexity index is 574. The summed E-state index contributed by atoms with van der Waals surface area (Å²) >= 11 is 5.88. The fourth-order valence-corrected chi connectivity index (χ4v) is 2.89. The van der Waals surface area contributed by atoms with E-state index >= 15 is 0 Å². The van der Waals surface area contributed by atoms with E-state index in [0.717, 1.165) is 23.8 Å². The number of alkyl halides is 1. The van der Waals surface area contributed by atoms with Gasteiger partial charge in [0.2, 0.25) is 0 Å². The molecule has 1 aliphatic rings. The lowest BCUT2D eigenvalue weighted by molar-refractivity contribution is 0.731. The average Bonchev–Trinajstić information content (AvgIpc) is 3.03. The minimum Gasteiger partial charge on any atom is -0.310 e. The van der Waals surface area contributed by atoms with Crippen LogP contribution in [0.4, 0.5) is 0 Å². The van der Waals surface area contributed by atoms with Crippen LogP contribution in [0.2, 0.25) is 0 Å². The molecule has 0 amide bonds. The fraction of sp³-hybridized carbons (Fsp3) is 0.429. The van der Waals surface area contributed by atoms with Gasteiger partial charge in [0.25, 0.3) is 0 Å². The predicted octanol–water partition coefficient (Wildman–Crippen LogP) is 3.19. The summed E-state index contributed by atoms with van der Waals surface area (Å²) in [6.07, 6.45) is 3.67. The summed E-state index contributed by atoms with van der Waals surface area (Å²) < 4.78 is 2.09. The summed E-state index contributed by atoms with van der Waals surface area (Å²) in [6, 6.07) is 6.64. The zero-order chi connectivity index (χ0) is 12.5. The maximum absolute atomic E-state index is 5.88. The van der Waals surface area contributed by atoms with Crippen LogP contribution in [0.25, 0.3) is 11.4 Å². The Morgan fingerprint density at radius 1 is 1.22 bits per heavy atom. The summed E-state index contributed by atoms with van der Waals surface area (Å²) in [4.78, 5) is 0. The summed E-state index contributed by atoms with van der Waals surface area (Å²) in [5.74, 6) is 2.18. The van der Waals surface area contributed by atoms with Crippen molar-refractivity contribution in [1.29, 1.82) is 0 Å². The molecule has 3 nitrogen and oxygen atoms in total. The second kappa shape index (κ2) is 4.73. The van der Waals surface area contributed by atoms with E-state index in [4.69, 9.17) is 11.6 Å². The highest BCUT2D eigenvalue weighted by atomic mass is 35.5. The molecule has 4 heteroatoms. The maximum Gasteiger partial charge on any atom is 0.163 e. The van der Waals surface area contributed by atoms with Crippen LogP contribution >= 0.6 is 11.6 Å². The van der Waals surface area contributed by atoms with Crippen molar-refractivity contribution in [3.05, 3.63) is 35.2 Å². The molecule has 0 aliphatic heterocycles. The topological polar surface area (TPSA) is 30.7 Å². The van der Waals surface area contributed by atoms with E-state index in [1.165, 1.54) is 30.4 Å². The van der Waals surface area contributed by atoms with Crippen LogP contribution in [0.15, 0.2) is 18.2 Å². The molecule has 0 fully saturated rings. The normalized spacial score (nSPS) is 13.9. The van der Waals surface area contributed by atoms with E-state index in [-0.39, 0.29) is 0 Å². The lowest BCUT2D eigenvalue weighted by Gasteiger charge is -2.07. The van der Waals surface area contributed by atoms with Gasteiger partial charge in [-0.15, -0.1) is 21.8 Å². The minimum atomic E-state index is 0.409. The molecule has 0 spiro atoms. The smallest absolute Gasteiger partial charge is 0.163 e. The van der Waals surface area contributed by atoms with Gasteiger partial charge in [-0.1, -0.05) is 12.1 Å². The van der Waals surface area contributed by atoms with Crippen LogP contribution in [0.3, 0.4) is 0 Å². The summed E-state index contributed by atoms with van der Waals surface area (Å²) in [5.41, 5.74) is 4.10. The van der Waals surface area contributed by atoms with Gasteiger partial charge in [0, 0.05) is 12.1 Å². The number of aromatic nitrogens is 3. The first kappa shape index (κ1) is 11.7. The van der Waals surface area contributed by atoms with Gasteiger partial charge in [-0.2, -0.15) is 0 Å². The van der Waals surface area contributed by atoms with E-state index < -0.39 is 0 Å². The Kier molecular flexibility index (Phi) is 3.08. The number of hydrogen-bond donors (Lipinski definition) is 0. The molecule has 0 saturated heterocycles. The van der Waals surface area contributed by atoms with E-state index in [0.29, 0.717) is 5.88 Å². The summed E-state index contributed by atoms with van der Waals surface area (Å²) in [5, 5.41) is 8.44. The van der Waals surface area contributed by atoms with E-state index in [9.17, 15) is 0 Å². The van der Waals surface area contributed by atoms with Crippen LogP contribution in [-0.2, 0) is 25.3 Å². The molecule has 0 bridgehead atoms. The van der Waals surface area contributed by atoms with Gasteiger partial charge in [-0.05, 0) is 43.4 Å². The number of aryl methyl sites for hydroxylation is 2. The summed E-state index contributed by atoms with van der Waals surface area (Å²) in [7, 11) is 0. The molecule has 0 saturated carbocycles. The van der Waals surface area contributed by atoms with Crippen LogP contribution in [0.1, 0.15) is 30.3 Å². The van der Waals surface area contributed by atoms with Crippen molar-refractivity contribution in [2.75, 3.05) is 0 Å². The van der Waals surface area contributed by atoms with Gasteiger partial charge in [0.1, 0.15) is 5.82 Å². The largest absolute Gasteiger partial charge is 0.310 e. The Morgan fingerprint density at radius 3 is 2.83 bits per heavy atom. The zero-order valence-electron chi connectivity index (χ0n) is 10.5. The molecule has 0 N–H and O–H groups in total. The third kappa shape index (κ3) is 1.83. The van der Waals surface area contributed by atoms with Gasteiger partial charge in [0.05, 0.1) is 5.88 Å². The summed E-state index contributed by atoms with van der Waals surface area (Å²) in [6.45, 7) is 2.94. The molecule has 1 aromatic heterocycles. The van der Waals surface area contributed by atoms with Gasteiger partial charge in [0.15, 0.2) is 5.82 Å². The molecule has 0 radical (unpaired) electrons. The van der Waals surface area contributed by atoms with E-state index in [2.05, 4.69) is 39.9 Å². The highest BCUT2D eigenvalue weighted by Gasteiger charge is 2.15. The third-order valence-corrected chi connectivity index (χ3v) is 3.86. The van der Waals surface area contributed by atoms with Gasteiger partial charge in [-0.3, -0.25) is 0 Å². The highest BCUT2D eigenvalue weighted by Crippen LogP contribution is 2.27. The first-order chi connectivity index (χ1) is 8.83. The second-order valence-electron chi connectivity index (χ2n) is 4.65. The van der Waals surface area contributed by atoms with Gasteiger partial charge >= 0.3 is 0 Å². The zero-order valence-corrected chi connectivity index (χ0v) is 11.2. The molecular formula is C14H16ClN3. The van der Waals surface area contributed by atoms with E-state index in [1.807, 2.05) is 0 Å². The molecule has 0 atom stereocenters. The number of benzene rings is 1. The number of rotatable bonds is 3. The molecule has 18 heavy (non-hydrogen) atoms. The lowest BCUT2D eigenvalue weighted by atomic mass is 10.1. The van der Waals surface area contributed by atoms with Crippen LogP contribution in [0, 0.1) is 0 Å². The Labute approximate surface area is 112 Å². The average molecular weight is 262 g/mol. The van der Waals surface area contributed by atoms with Gasteiger partial charge < -0.3 is 4.57 Å². The maximum atomic E-state index is 5.88. The van der Waals surface area contributed by atoms with Crippen molar-refractivity contribution in [3.63, 3.8) is 0 Å². The number of fused-ring (bicyclic) bond motifs is 1. The Balaban J connectivity index is 2.07. The van der Waals surface area contributed by atoms with Crippen LogP contribution in [0.5, 0.6) is 0 Å².